The standard InChI is InChI=1S/C23H27NO3/c1-24(15-19-16-26-12-13-27-19)23(25)14-22-20-8-4-2-6-17(20)10-11-18-7-3-5-9-21(18)22/h2-9,19,22H,10-16H2,1H3/t19-/m0/s1. The van der Waals surface area contributed by atoms with Gasteiger partial charge in [0.25, 0.3) is 0 Å². The summed E-state index contributed by atoms with van der Waals surface area (Å²) in [5, 5.41) is 0. The zero-order valence-corrected chi connectivity index (χ0v) is 15.9. The van der Waals surface area contributed by atoms with Crippen molar-refractivity contribution in [3.05, 3.63) is 70.8 Å². The molecule has 0 N–H and O–H groups in total. The molecular weight excluding hydrogens is 338 g/mol. The van der Waals surface area contributed by atoms with Gasteiger partial charge in [0.15, 0.2) is 0 Å². The van der Waals surface area contributed by atoms with Gasteiger partial charge in [-0.2, -0.15) is 0 Å². The molecule has 0 radical (unpaired) electrons. The van der Waals surface area contributed by atoms with Crippen LogP contribution in [0.5, 0.6) is 0 Å². The van der Waals surface area contributed by atoms with E-state index < -0.39 is 0 Å². The van der Waals surface area contributed by atoms with Gasteiger partial charge in [-0.05, 0) is 35.1 Å². The van der Waals surface area contributed by atoms with E-state index in [0.29, 0.717) is 32.8 Å². The van der Waals surface area contributed by atoms with Crippen LogP contribution in [0.2, 0.25) is 0 Å². The van der Waals surface area contributed by atoms with Crippen molar-refractivity contribution in [1.29, 1.82) is 0 Å². The van der Waals surface area contributed by atoms with Gasteiger partial charge in [0.1, 0.15) is 0 Å². The van der Waals surface area contributed by atoms with Gasteiger partial charge in [0.05, 0.1) is 25.9 Å². The molecule has 1 amide bonds. The quantitative estimate of drug-likeness (QED) is 0.835. The van der Waals surface area contributed by atoms with Crippen molar-refractivity contribution in [1.82, 2.24) is 4.90 Å². The minimum Gasteiger partial charge on any atom is -0.376 e. The predicted octanol–water partition coefficient (Wildman–Crippen LogP) is 3.18. The molecule has 1 atom stereocenters. The van der Waals surface area contributed by atoms with E-state index in [-0.39, 0.29) is 17.9 Å². The van der Waals surface area contributed by atoms with Crippen molar-refractivity contribution >= 4 is 5.91 Å². The highest BCUT2D eigenvalue weighted by atomic mass is 16.6. The van der Waals surface area contributed by atoms with Gasteiger partial charge in [-0.3, -0.25) is 4.79 Å². The van der Waals surface area contributed by atoms with Crippen LogP contribution in [-0.2, 0) is 27.1 Å². The van der Waals surface area contributed by atoms with E-state index in [0.717, 1.165) is 12.8 Å². The lowest BCUT2D eigenvalue weighted by atomic mass is 9.85. The third-order valence-corrected chi connectivity index (χ3v) is 5.69. The van der Waals surface area contributed by atoms with Gasteiger partial charge in [-0.25, -0.2) is 0 Å². The summed E-state index contributed by atoms with van der Waals surface area (Å²) in [6.07, 6.45) is 2.52. The van der Waals surface area contributed by atoms with E-state index in [2.05, 4.69) is 48.5 Å². The van der Waals surface area contributed by atoms with Crippen LogP contribution in [0, 0.1) is 0 Å². The first kappa shape index (κ1) is 18.2. The molecule has 0 saturated carbocycles. The lowest BCUT2D eigenvalue weighted by molar-refractivity contribution is -0.136. The molecule has 27 heavy (non-hydrogen) atoms. The number of fused-ring (bicyclic) bond motifs is 2. The summed E-state index contributed by atoms with van der Waals surface area (Å²) in [5.41, 5.74) is 5.30. The maximum Gasteiger partial charge on any atom is 0.223 e. The van der Waals surface area contributed by atoms with Gasteiger partial charge in [0.2, 0.25) is 5.91 Å². The number of aryl methyl sites for hydroxylation is 2. The van der Waals surface area contributed by atoms with Crippen LogP contribution >= 0.6 is 0 Å². The number of nitrogens with zero attached hydrogens (tertiary/aromatic N) is 1. The van der Waals surface area contributed by atoms with Crippen molar-refractivity contribution in [2.75, 3.05) is 33.4 Å². The molecule has 2 aromatic carbocycles. The molecule has 4 nitrogen and oxygen atoms in total. The Kier molecular flexibility index (Phi) is 5.55. The van der Waals surface area contributed by atoms with E-state index >= 15 is 0 Å². The molecular formula is C23H27NO3. The average Bonchev–Trinajstić information content (AvgIpc) is 2.86. The van der Waals surface area contributed by atoms with E-state index in [1.165, 1.54) is 22.3 Å². The lowest BCUT2D eigenvalue weighted by Gasteiger charge is -2.29. The summed E-state index contributed by atoms with van der Waals surface area (Å²) in [4.78, 5) is 14.8. The lowest BCUT2D eigenvalue weighted by Crippen LogP contribution is -2.41. The van der Waals surface area contributed by atoms with E-state index in [9.17, 15) is 4.79 Å². The number of carbonyl (C=O) groups excluding carboxylic acids is 1. The highest BCUT2D eigenvalue weighted by Gasteiger charge is 2.27. The third-order valence-electron chi connectivity index (χ3n) is 5.69. The molecule has 2 aliphatic rings. The van der Waals surface area contributed by atoms with Crippen LogP contribution in [-0.4, -0.2) is 50.3 Å². The van der Waals surface area contributed by atoms with Gasteiger partial charge < -0.3 is 14.4 Å². The van der Waals surface area contributed by atoms with Crippen molar-refractivity contribution in [2.24, 2.45) is 0 Å². The fourth-order valence-electron chi connectivity index (χ4n) is 4.24. The second kappa shape index (κ2) is 8.24. The smallest absolute Gasteiger partial charge is 0.223 e. The number of hydrogen-bond donors (Lipinski definition) is 0. The maximum absolute atomic E-state index is 13.0. The molecule has 4 rings (SSSR count). The van der Waals surface area contributed by atoms with Crippen LogP contribution in [0.3, 0.4) is 0 Å². The zero-order chi connectivity index (χ0) is 18.6. The normalized spacial score (nSPS) is 19.7. The van der Waals surface area contributed by atoms with Crippen LogP contribution in [0.1, 0.15) is 34.6 Å². The Hall–Kier alpha value is -2.17. The SMILES string of the molecule is CN(C[C@H]1COCCO1)C(=O)CC1c2ccccc2CCc2ccccc21. The first-order valence-corrected chi connectivity index (χ1v) is 9.81. The molecule has 1 heterocycles. The minimum atomic E-state index is -0.0265. The highest BCUT2D eigenvalue weighted by Crippen LogP contribution is 2.36. The number of amides is 1. The molecule has 0 spiro atoms. The molecule has 0 bridgehead atoms. The Morgan fingerprint density at radius 1 is 1.00 bits per heavy atom. The monoisotopic (exact) mass is 365 g/mol. The maximum atomic E-state index is 13.0. The van der Waals surface area contributed by atoms with Gasteiger partial charge in [-0.15, -0.1) is 0 Å². The Morgan fingerprint density at radius 2 is 1.63 bits per heavy atom. The first-order chi connectivity index (χ1) is 13.2. The summed E-state index contributed by atoms with van der Waals surface area (Å²) in [7, 11) is 1.87. The number of rotatable bonds is 4. The zero-order valence-electron chi connectivity index (χ0n) is 15.9. The van der Waals surface area contributed by atoms with Gasteiger partial charge >= 0.3 is 0 Å². The molecule has 1 aliphatic carbocycles. The third kappa shape index (κ3) is 4.07. The molecule has 1 aliphatic heterocycles. The Labute approximate surface area is 161 Å². The number of hydrogen-bond acceptors (Lipinski definition) is 3. The molecule has 1 fully saturated rings. The molecule has 1 saturated heterocycles. The summed E-state index contributed by atoms with van der Waals surface area (Å²) < 4.78 is 11.2. The molecule has 0 aromatic heterocycles. The topological polar surface area (TPSA) is 38.8 Å². The van der Waals surface area contributed by atoms with Crippen LogP contribution < -0.4 is 0 Å². The molecule has 2 aromatic rings. The Morgan fingerprint density at radius 3 is 2.22 bits per heavy atom. The van der Waals surface area contributed by atoms with Gasteiger partial charge in [-0.1, -0.05) is 48.5 Å². The Balaban J connectivity index is 1.56. The fourth-order valence-corrected chi connectivity index (χ4v) is 4.24. The predicted molar refractivity (Wildman–Crippen MR) is 105 cm³/mol. The minimum absolute atomic E-state index is 0.0265. The number of ether oxygens (including phenoxy) is 2. The highest BCUT2D eigenvalue weighted by molar-refractivity contribution is 5.78. The molecule has 0 unspecified atom stereocenters. The van der Waals surface area contributed by atoms with Gasteiger partial charge in [0, 0.05) is 25.9 Å². The van der Waals surface area contributed by atoms with Crippen molar-refractivity contribution < 1.29 is 14.3 Å². The number of benzene rings is 2. The Bertz CT molecular complexity index is 750. The summed E-state index contributed by atoms with van der Waals surface area (Å²) in [5.74, 6) is 0.263. The first-order valence-electron chi connectivity index (χ1n) is 9.81. The van der Waals surface area contributed by atoms with Crippen LogP contribution in [0.4, 0.5) is 0 Å². The van der Waals surface area contributed by atoms with Crippen molar-refractivity contribution in [3.63, 3.8) is 0 Å². The number of carbonyl (C=O) groups is 1. The summed E-state index contributed by atoms with van der Waals surface area (Å²) >= 11 is 0. The fraction of sp³-hybridized carbons (Fsp3) is 0.435. The largest absolute Gasteiger partial charge is 0.376 e. The second-order valence-electron chi connectivity index (χ2n) is 7.50. The van der Waals surface area contributed by atoms with Crippen molar-refractivity contribution in [3.8, 4) is 0 Å². The van der Waals surface area contributed by atoms with E-state index in [4.69, 9.17) is 9.47 Å². The average molecular weight is 365 g/mol. The molecule has 4 heteroatoms. The van der Waals surface area contributed by atoms with Crippen LogP contribution in [0.25, 0.3) is 0 Å². The van der Waals surface area contributed by atoms with E-state index in [1.807, 2.05) is 7.05 Å². The summed E-state index contributed by atoms with van der Waals surface area (Å²) in [6.45, 7) is 2.39. The van der Waals surface area contributed by atoms with Crippen LogP contribution in [0.15, 0.2) is 48.5 Å². The van der Waals surface area contributed by atoms with E-state index in [1.54, 1.807) is 4.90 Å². The molecule has 142 valence electrons. The number of likely N-dealkylation sites (N-methyl/N-ethyl adjacent to an activating group) is 1. The van der Waals surface area contributed by atoms with Crippen molar-refractivity contribution in [2.45, 2.75) is 31.3 Å². The summed E-state index contributed by atoms with van der Waals surface area (Å²) in [6, 6.07) is 17.1. The second-order valence-corrected chi connectivity index (χ2v) is 7.50.